The zero-order chi connectivity index (χ0) is 13.1. The lowest BCUT2D eigenvalue weighted by molar-refractivity contribution is 0.511. The zero-order valence-electron chi connectivity index (χ0n) is 11.1. The summed E-state index contributed by atoms with van der Waals surface area (Å²) < 4.78 is 0. The van der Waals surface area contributed by atoms with E-state index in [0.29, 0.717) is 12.0 Å². The van der Waals surface area contributed by atoms with Crippen LogP contribution in [-0.4, -0.2) is 11.0 Å². The first-order valence-electron chi connectivity index (χ1n) is 6.43. The molecule has 0 bridgehead atoms. The summed E-state index contributed by atoms with van der Waals surface area (Å²) >= 11 is 6.19. The van der Waals surface area contributed by atoms with Gasteiger partial charge in [0, 0.05) is 17.6 Å². The quantitative estimate of drug-likeness (QED) is 0.861. The van der Waals surface area contributed by atoms with Crippen LogP contribution in [0.1, 0.15) is 27.2 Å². The van der Waals surface area contributed by atoms with Crippen LogP contribution in [0.5, 0.6) is 0 Å². The molecular weight excluding hydrogens is 244 g/mol. The van der Waals surface area contributed by atoms with E-state index >= 15 is 0 Å². The first-order chi connectivity index (χ1) is 8.63. The molecule has 1 atom stereocenters. The van der Waals surface area contributed by atoms with Crippen LogP contribution in [0.2, 0.25) is 5.02 Å². The third-order valence-corrected chi connectivity index (χ3v) is 3.63. The highest BCUT2D eigenvalue weighted by atomic mass is 35.5. The topological polar surface area (TPSA) is 24.9 Å². The van der Waals surface area contributed by atoms with Gasteiger partial charge in [0.15, 0.2) is 0 Å². The molecule has 0 spiro atoms. The molecule has 0 aliphatic rings. The van der Waals surface area contributed by atoms with Crippen LogP contribution in [-0.2, 0) is 0 Å². The van der Waals surface area contributed by atoms with Crippen LogP contribution in [0.15, 0.2) is 30.5 Å². The van der Waals surface area contributed by atoms with Gasteiger partial charge in [-0.25, -0.2) is 0 Å². The molecule has 3 heteroatoms. The molecule has 0 amide bonds. The van der Waals surface area contributed by atoms with Crippen LogP contribution in [0.3, 0.4) is 0 Å². The summed E-state index contributed by atoms with van der Waals surface area (Å²) in [5, 5.41) is 5.33. The van der Waals surface area contributed by atoms with E-state index in [0.717, 1.165) is 28.0 Å². The van der Waals surface area contributed by atoms with E-state index in [-0.39, 0.29) is 0 Å². The first-order valence-corrected chi connectivity index (χ1v) is 6.81. The van der Waals surface area contributed by atoms with Crippen molar-refractivity contribution < 1.29 is 0 Å². The summed E-state index contributed by atoms with van der Waals surface area (Å²) in [6.07, 6.45) is 2.90. The van der Waals surface area contributed by atoms with Crippen molar-refractivity contribution >= 4 is 28.2 Å². The third-order valence-electron chi connectivity index (χ3n) is 3.30. The number of rotatable bonds is 4. The standard InChI is InChI=1S/C15H19ClN2/c1-4-13(10(2)3)18-14-8-7-12(16)11-6-5-9-17-15(11)14/h5-10,13,18H,4H2,1-3H3. The van der Waals surface area contributed by atoms with Gasteiger partial charge in [-0.05, 0) is 36.6 Å². The predicted molar refractivity (Wildman–Crippen MR) is 79.3 cm³/mol. The summed E-state index contributed by atoms with van der Waals surface area (Å²) in [4.78, 5) is 4.44. The fraction of sp³-hybridized carbons (Fsp3) is 0.400. The molecule has 18 heavy (non-hydrogen) atoms. The van der Waals surface area contributed by atoms with Crippen LogP contribution in [0.25, 0.3) is 10.9 Å². The normalized spacial score (nSPS) is 12.9. The van der Waals surface area contributed by atoms with Crippen molar-refractivity contribution in [2.75, 3.05) is 5.32 Å². The van der Waals surface area contributed by atoms with Crippen molar-refractivity contribution in [3.8, 4) is 0 Å². The van der Waals surface area contributed by atoms with E-state index in [1.54, 1.807) is 6.20 Å². The Morgan fingerprint density at radius 3 is 2.72 bits per heavy atom. The van der Waals surface area contributed by atoms with Gasteiger partial charge >= 0.3 is 0 Å². The van der Waals surface area contributed by atoms with Crippen molar-refractivity contribution in [2.45, 2.75) is 33.2 Å². The van der Waals surface area contributed by atoms with E-state index in [9.17, 15) is 0 Å². The zero-order valence-corrected chi connectivity index (χ0v) is 11.8. The molecule has 0 fully saturated rings. The summed E-state index contributed by atoms with van der Waals surface area (Å²) in [7, 11) is 0. The van der Waals surface area contributed by atoms with E-state index in [1.165, 1.54) is 0 Å². The van der Waals surface area contributed by atoms with Gasteiger partial charge in [-0.1, -0.05) is 32.4 Å². The molecule has 0 saturated carbocycles. The van der Waals surface area contributed by atoms with Gasteiger partial charge in [-0.3, -0.25) is 4.98 Å². The Hall–Kier alpha value is -1.28. The molecule has 2 nitrogen and oxygen atoms in total. The van der Waals surface area contributed by atoms with Crippen molar-refractivity contribution in [3.05, 3.63) is 35.5 Å². The van der Waals surface area contributed by atoms with E-state index in [2.05, 4.69) is 31.1 Å². The van der Waals surface area contributed by atoms with Crippen LogP contribution >= 0.6 is 11.6 Å². The second kappa shape index (κ2) is 5.57. The number of hydrogen-bond donors (Lipinski definition) is 1. The first kappa shape index (κ1) is 13.2. The SMILES string of the molecule is CCC(Nc1ccc(Cl)c2cccnc12)C(C)C. The van der Waals surface area contributed by atoms with Gasteiger partial charge in [0.25, 0.3) is 0 Å². The van der Waals surface area contributed by atoms with E-state index < -0.39 is 0 Å². The average molecular weight is 263 g/mol. The molecule has 96 valence electrons. The van der Waals surface area contributed by atoms with Crippen molar-refractivity contribution in [1.29, 1.82) is 0 Å². The minimum Gasteiger partial charge on any atom is -0.380 e. The Morgan fingerprint density at radius 1 is 1.28 bits per heavy atom. The molecule has 1 heterocycles. The number of anilines is 1. The maximum absolute atomic E-state index is 6.19. The highest BCUT2D eigenvalue weighted by Crippen LogP contribution is 2.29. The van der Waals surface area contributed by atoms with Gasteiger partial charge in [0.2, 0.25) is 0 Å². The number of nitrogens with zero attached hydrogens (tertiary/aromatic N) is 1. The molecule has 1 N–H and O–H groups in total. The van der Waals surface area contributed by atoms with Gasteiger partial charge in [0.1, 0.15) is 0 Å². The molecule has 1 aromatic heterocycles. The average Bonchev–Trinajstić information content (AvgIpc) is 2.38. The summed E-state index contributed by atoms with van der Waals surface area (Å²) in [5.74, 6) is 0.587. The summed E-state index contributed by atoms with van der Waals surface area (Å²) in [6.45, 7) is 6.66. The molecule has 1 aromatic carbocycles. The van der Waals surface area contributed by atoms with Gasteiger partial charge in [0.05, 0.1) is 16.2 Å². The van der Waals surface area contributed by atoms with Crippen LogP contribution in [0, 0.1) is 5.92 Å². The number of pyridine rings is 1. The highest BCUT2D eigenvalue weighted by molar-refractivity contribution is 6.35. The van der Waals surface area contributed by atoms with E-state index in [4.69, 9.17) is 11.6 Å². The van der Waals surface area contributed by atoms with Gasteiger partial charge in [-0.2, -0.15) is 0 Å². The number of halogens is 1. The Balaban J connectivity index is 2.42. The lowest BCUT2D eigenvalue weighted by atomic mass is 10.0. The number of hydrogen-bond acceptors (Lipinski definition) is 2. The Kier molecular flexibility index (Phi) is 4.07. The molecule has 2 rings (SSSR count). The number of nitrogens with one attached hydrogen (secondary N) is 1. The van der Waals surface area contributed by atoms with Gasteiger partial charge < -0.3 is 5.32 Å². The minimum atomic E-state index is 0.455. The van der Waals surface area contributed by atoms with E-state index in [1.807, 2.05) is 24.3 Å². The smallest absolute Gasteiger partial charge is 0.0948 e. The molecule has 0 aliphatic carbocycles. The molecule has 0 radical (unpaired) electrons. The second-order valence-corrected chi connectivity index (χ2v) is 5.30. The molecule has 2 aromatic rings. The predicted octanol–water partition coefficient (Wildman–Crippen LogP) is 4.73. The third kappa shape index (κ3) is 2.59. The number of aromatic nitrogens is 1. The fourth-order valence-corrected chi connectivity index (χ4v) is 2.41. The van der Waals surface area contributed by atoms with Gasteiger partial charge in [-0.15, -0.1) is 0 Å². The lowest BCUT2D eigenvalue weighted by Gasteiger charge is -2.22. The Labute approximate surface area is 113 Å². The van der Waals surface area contributed by atoms with Crippen LogP contribution in [0.4, 0.5) is 5.69 Å². The molecule has 1 unspecified atom stereocenters. The number of benzene rings is 1. The van der Waals surface area contributed by atoms with Crippen molar-refractivity contribution in [2.24, 2.45) is 5.92 Å². The maximum Gasteiger partial charge on any atom is 0.0948 e. The molecule has 0 saturated heterocycles. The fourth-order valence-electron chi connectivity index (χ4n) is 2.19. The van der Waals surface area contributed by atoms with Crippen molar-refractivity contribution in [1.82, 2.24) is 4.98 Å². The maximum atomic E-state index is 6.19. The monoisotopic (exact) mass is 262 g/mol. The Morgan fingerprint density at radius 2 is 2.06 bits per heavy atom. The Bertz CT molecular complexity index is 537. The van der Waals surface area contributed by atoms with Crippen LogP contribution < -0.4 is 5.32 Å². The lowest BCUT2D eigenvalue weighted by Crippen LogP contribution is -2.24. The summed E-state index contributed by atoms with van der Waals surface area (Å²) in [5.41, 5.74) is 2.01. The second-order valence-electron chi connectivity index (χ2n) is 4.90. The molecular formula is C15H19ClN2. The largest absolute Gasteiger partial charge is 0.380 e. The highest BCUT2D eigenvalue weighted by Gasteiger charge is 2.13. The minimum absolute atomic E-state index is 0.455. The van der Waals surface area contributed by atoms with Crippen molar-refractivity contribution in [3.63, 3.8) is 0 Å². The number of fused-ring (bicyclic) bond motifs is 1. The molecule has 0 aliphatic heterocycles. The summed E-state index contributed by atoms with van der Waals surface area (Å²) in [6, 6.07) is 8.32.